The van der Waals surface area contributed by atoms with Gasteiger partial charge in [-0.1, -0.05) is 18.2 Å². The molecular weight excluding hydrogens is 312 g/mol. The highest BCUT2D eigenvalue weighted by Gasteiger charge is 2.32. The highest BCUT2D eigenvalue weighted by atomic mass is 19.4. The molecule has 0 aliphatic heterocycles. The Labute approximate surface area is 121 Å². The summed E-state index contributed by atoms with van der Waals surface area (Å²) in [6, 6.07) is 4.48. The normalized spacial score (nSPS) is 13.0. The van der Waals surface area contributed by atoms with Crippen molar-refractivity contribution in [3.8, 4) is 5.75 Å². The lowest BCUT2D eigenvalue weighted by molar-refractivity contribution is -0.275. The summed E-state index contributed by atoms with van der Waals surface area (Å²) >= 11 is 0. The van der Waals surface area contributed by atoms with Crippen LogP contribution in [0.4, 0.5) is 26.3 Å². The number of hydrogen-bond donors (Lipinski definition) is 1. The van der Waals surface area contributed by atoms with Gasteiger partial charge in [0.1, 0.15) is 0 Å². The first-order valence-corrected chi connectivity index (χ1v) is 5.93. The van der Waals surface area contributed by atoms with Gasteiger partial charge in [-0.25, -0.2) is 13.2 Å². The molecule has 0 spiro atoms. The highest BCUT2D eigenvalue weighted by molar-refractivity contribution is 5.37. The first-order chi connectivity index (χ1) is 10.2. The van der Waals surface area contributed by atoms with Gasteiger partial charge < -0.3 is 10.5 Å². The van der Waals surface area contributed by atoms with Crippen LogP contribution in [0.1, 0.15) is 17.2 Å². The van der Waals surface area contributed by atoms with Crippen LogP contribution in [0, 0.1) is 17.5 Å². The monoisotopic (exact) mass is 321 g/mol. The third-order valence-electron chi connectivity index (χ3n) is 2.86. The van der Waals surface area contributed by atoms with Crippen LogP contribution in [-0.4, -0.2) is 6.36 Å². The van der Waals surface area contributed by atoms with Gasteiger partial charge in [0.05, 0.1) is 6.04 Å². The summed E-state index contributed by atoms with van der Waals surface area (Å²) < 4.78 is 79.9. The second kappa shape index (κ2) is 5.88. The van der Waals surface area contributed by atoms with Crippen molar-refractivity contribution in [2.75, 3.05) is 0 Å². The molecule has 2 nitrogen and oxygen atoms in total. The van der Waals surface area contributed by atoms with E-state index in [0.29, 0.717) is 6.07 Å². The fourth-order valence-corrected chi connectivity index (χ4v) is 1.86. The Morgan fingerprint density at radius 2 is 1.64 bits per heavy atom. The average Bonchev–Trinajstić information content (AvgIpc) is 2.42. The van der Waals surface area contributed by atoms with Gasteiger partial charge in [0, 0.05) is 5.56 Å². The molecule has 2 rings (SSSR count). The minimum absolute atomic E-state index is 0.0310. The molecule has 0 bridgehead atoms. The van der Waals surface area contributed by atoms with Crippen molar-refractivity contribution in [1.29, 1.82) is 0 Å². The van der Waals surface area contributed by atoms with Crippen molar-refractivity contribution in [3.05, 3.63) is 65.0 Å². The van der Waals surface area contributed by atoms with Crippen LogP contribution in [0.2, 0.25) is 0 Å². The van der Waals surface area contributed by atoms with E-state index in [9.17, 15) is 26.3 Å². The second-order valence-electron chi connectivity index (χ2n) is 4.36. The molecule has 1 atom stereocenters. The Morgan fingerprint density at radius 1 is 0.955 bits per heavy atom. The van der Waals surface area contributed by atoms with Crippen molar-refractivity contribution >= 4 is 0 Å². The first kappa shape index (κ1) is 16.2. The van der Waals surface area contributed by atoms with Crippen LogP contribution in [-0.2, 0) is 0 Å². The molecule has 0 aromatic heterocycles. The molecule has 2 aromatic carbocycles. The predicted molar refractivity (Wildman–Crippen MR) is 65.5 cm³/mol. The van der Waals surface area contributed by atoms with E-state index in [0.717, 1.165) is 18.2 Å². The summed E-state index contributed by atoms with van der Waals surface area (Å²) in [5.41, 5.74) is 5.42. The van der Waals surface area contributed by atoms with Crippen LogP contribution < -0.4 is 10.5 Å². The molecular formula is C14H9F6NO. The fourth-order valence-electron chi connectivity index (χ4n) is 1.86. The number of rotatable bonds is 3. The zero-order valence-corrected chi connectivity index (χ0v) is 10.8. The maximum absolute atomic E-state index is 13.6. The molecule has 118 valence electrons. The van der Waals surface area contributed by atoms with Gasteiger partial charge in [-0.05, 0) is 23.8 Å². The summed E-state index contributed by atoms with van der Waals surface area (Å²) in [4.78, 5) is 0. The van der Waals surface area contributed by atoms with Crippen LogP contribution in [0.5, 0.6) is 5.75 Å². The Kier molecular flexibility index (Phi) is 4.32. The number of nitrogens with two attached hydrogens (primary N) is 1. The molecule has 0 radical (unpaired) electrons. The lowest BCUT2D eigenvalue weighted by Gasteiger charge is -2.15. The van der Waals surface area contributed by atoms with Crippen LogP contribution >= 0.6 is 0 Å². The molecule has 8 heteroatoms. The van der Waals surface area contributed by atoms with Crippen molar-refractivity contribution in [3.63, 3.8) is 0 Å². The molecule has 2 N–H and O–H groups in total. The summed E-state index contributed by atoms with van der Waals surface area (Å²) in [7, 11) is 0. The molecule has 0 fully saturated rings. The quantitative estimate of drug-likeness (QED) is 0.866. The van der Waals surface area contributed by atoms with Crippen molar-refractivity contribution in [2.24, 2.45) is 5.73 Å². The third kappa shape index (κ3) is 3.51. The Balaban J connectivity index is 2.33. The van der Waals surface area contributed by atoms with Crippen LogP contribution in [0.3, 0.4) is 0 Å². The number of alkyl halides is 3. The van der Waals surface area contributed by atoms with Gasteiger partial charge in [-0.3, -0.25) is 0 Å². The van der Waals surface area contributed by atoms with Gasteiger partial charge in [-0.2, -0.15) is 0 Å². The largest absolute Gasteiger partial charge is 0.573 e. The number of hydrogen-bond acceptors (Lipinski definition) is 2. The fraction of sp³-hybridized carbons (Fsp3) is 0.143. The second-order valence-corrected chi connectivity index (χ2v) is 4.36. The zero-order chi connectivity index (χ0) is 16.5. The van der Waals surface area contributed by atoms with E-state index >= 15 is 0 Å². The van der Waals surface area contributed by atoms with Gasteiger partial charge in [-0.15, -0.1) is 13.2 Å². The molecule has 0 saturated heterocycles. The SMILES string of the molecule is N[C@@H](c1ccc(OC(F)(F)F)c(F)c1)c1cccc(F)c1F. The molecule has 0 aliphatic rings. The lowest BCUT2D eigenvalue weighted by Crippen LogP contribution is -2.19. The minimum atomic E-state index is -5.04. The van der Waals surface area contributed by atoms with Gasteiger partial charge in [0.25, 0.3) is 0 Å². The Bertz CT molecular complexity index is 686. The number of halogens is 6. The van der Waals surface area contributed by atoms with E-state index in [-0.39, 0.29) is 11.1 Å². The molecule has 0 saturated carbocycles. The van der Waals surface area contributed by atoms with E-state index in [1.807, 2.05) is 0 Å². The standard InChI is InChI=1S/C14H9F6NO/c15-9-3-1-2-8(12(9)17)13(21)7-4-5-11(10(16)6-7)22-14(18,19)20/h1-6,13H,21H2/t13-/m0/s1. The van der Waals surface area contributed by atoms with E-state index < -0.39 is 35.6 Å². The molecule has 0 unspecified atom stereocenters. The predicted octanol–water partition coefficient (Wildman–Crippen LogP) is 4.05. The van der Waals surface area contributed by atoms with Crippen molar-refractivity contribution in [1.82, 2.24) is 0 Å². The smallest absolute Gasteiger partial charge is 0.403 e. The summed E-state index contributed by atoms with van der Waals surface area (Å²) in [6.07, 6.45) is -5.04. The van der Waals surface area contributed by atoms with Crippen molar-refractivity contribution in [2.45, 2.75) is 12.4 Å². The van der Waals surface area contributed by atoms with E-state index in [1.165, 1.54) is 12.1 Å². The maximum Gasteiger partial charge on any atom is 0.573 e. The van der Waals surface area contributed by atoms with Crippen LogP contribution in [0.15, 0.2) is 36.4 Å². The van der Waals surface area contributed by atoms with Crippen molar-refractivity contribution < 1.29 is 31.1 Å². The topological polar surface area (TPSA) is 35.2 Å². The summed E-state index contributed by atoms with van der Waals surface area (Å²) in [5.74, 6) is -4.69. The summed E-state index contributed by atoms with van der Waals surface area (Å²) in [5, 5.41) is 0. The molecule has 22 heavy (non-hydrogen) atoms. The van der Waals surface area contributed by atoms with E-state index in [2.05, 4.69) is 4.74 Å². The highest BCUT2D eigenvalue weighted by Crippen LogP contribution is 2.30. The van der Waals surface area contributed by atoms with E-state index in [4.69, 9.17) is 5.73 Å². The first-order valence-electron chi connectivity index (χ1n) is 5.93. The van der Waals surface area contributed by atoms with Crippen LogP contribution in [0.25, 0.3) is 0 Å². The number of benzene rings is 2. The Morgan fingerprint density at radius 3 is 2.23 bits per heavy atom. The average molecular weight is 321 g/mol. The van der Waals surface area contributed by atoms with Gasteiger partial charge in [0.15, 0.2) is 23.2 Å². The molecule has 0 aliphatic carbocycles. The van der Waals surface area contributed by atoms with Gasteiger partial charge >= 0.3 is 6.36 Å². The molecule has 2 aromatic rings. The zero-order valence-electron chi connectivity index (χ0n) is 10.8. The maximum atomic E-state index is 13.6. The summed E-state index contributed by atoms with van der Waals surface area (Å²) in [6.45, 7) is 0. The number of ether oxygens (including phenoxy) is 1. The van der Waals surface area contributed by atoms with Gasteiger partial charge in [0.2, 0.25) is 0 Å². The lowest BCUT2D eigenvalue weighted by atomic mass is 9.98. The minimum Gasteiger partial charge on any atom is -0.403 e. The van der Waals surface area contributed by atoms with E-state index in [1.54, 1.807) is 0 Å². The molecule has 0 heterocycles. The Hall–Kier alpha value is -2.22. The third-order valence-corrected chi connectivity index (χ3v) is 2.86. The molecule has 0 amide bonds.